The van der Waals surface area contributed by atoms with E-state index in [1.807, 2.05) is 36.7 Å². The Labute approximate surface area is 181 Å². The normalized spacial score (nSPS) is 15.8. The molecule has 4 rings (SSSR count). The largest absolute Gasteiger partial charge is 0.379 e. The lowest BCUT2D eigenvalue weighted by molar-refractivity contribution is 0.0169. The van der Waals surface area contributed by atoms with Crippen molar-refractivity contribution in [3.8, 4) is 0 Å². The molecular weight excluding hydrogens is 396 g/mol. The summed E-state index contributed by atoms with van der Waals surface area (Å²) >= 11 is 1.73. The number of carbonyl (C=O) groups excluding carboxylic acids is 1. The van der Waals surface area contributed by atoms with E-state index in [2.05, 4.69) is 45.0 Å². The third kappa shape index (κ3) is 4.64. The second kappa shape index (κ2) is 9.55. The molecule has 1 amide bonds. The van der Waals surface area contributed by atoms with Gasteiger partial charge in [-0.3, -0.25) is 14.4 Å². The molecule has 3 heterocycles. The highest BCUT2D eigenvalue weighted by atomic mass is 32.1. The van der Waals surface area contributed by atoms with Gasteiger partial charge >= 0.3 is 0 Å². The fourth-order valence-electron chi connectivity index (χ4n) is 3.99. The molecular formula is C23H28N4O2S. The summed E-state index contributed by atoms with van der Waals surface area (Å²) in [5.74, 6) is -0.0564. The summed E-state index contributed by atoms with van der Waals surface area (Å²) in [6.45, 7) is 8.34. The van der Waals surface area contributed by atoms with E-state index in [-0.39, 0.29) is 11.9 Å². The van der Waals surface area contributed by atoms with E-state index < -0.39 is 0 Å². The van der Waals surface area contributed by atoms with Crippen molar-refractivity contribution in [1.29, 1.82) is 0 Å². The monoisotopic (exact) mass is 424 g/mol. The molecule has 6 nitrogen and oxygen atoms in total. The number of morpholine rings is 1. The Kier molecular flexibility index (Phi) is 6.62. The highest BCUT2D eigenvalue weighted by Crippen LogP contribution is 2.25. The Morgan fingerprint density at radius 1 is 1.17 bits per heavy atom. The fraction of sp³-hybridized carbons (Fsp3) is 0.391. The van der Waals surface area contributed by atoms with E-state index in [0.717, 1.165) is 37.7 Å². The van der Waals surface area contributed by atoms with E-state index in [1.54, 1.807) is 11.3 Å². The Bertz CT molecular complexity index is 963. The summed E-state index contributed by atoms with van der Waals surface area (Å²) in [5, 5.41) is 9.89. The number of nitrogens with one attached hydrogen (secondary N) is 1. The van der Waals surface area contributed by atoms with Crippen LogP contribution in [0, 0.1) is 13.8 Å². The van der Waals surface area contributed by atoms with Gasteiger partial charge in [0.25, 0.3) is 5.91 Å². The summed E-state index contributed by atoms with van der Waals surface area (Å²) in [5.41, 5.74) is 3.51. The molecule has 1 aliphatic rings. The van der Waals surface area contributed by atoms with Crippen LogP contribution in [0.4, 0.5) is 0 Å². The highest BCUT2D eigenvalue weighted by molar-refractivity contribution is 7.10. The summed E-state index contributed by atoms with van der Waals surface area (Å²) in [6, 6.07) is 14.6. The van der Waals surface area contributed by atoms with E-state index >= 15 is 0 Å². The average molecular weight is 425 g/mol. The van der Waals surface area contributed by atoms with E-state index in [1.165, 1.54) is 10.4 Å². The third-order valence-electron chi connectivity index (χ3n) is 5.60. The van der Waals surface area contributed by atoms with Crippen LogP contribution in [0.15, 0.2) is 47.8 Å². The zero-order valence-electron chi connectivity index (χ0n) is 17.5. The van der Waals surface area contributed by atoms with Gasteiger partial charge in [-0.25, -0.2) is 0 Å². The molecule has 0 spiro atoms. The Morgan fingerprint density at radius 2 is 1.93 bits per heavy atom. The van der Waals surface area contributed by atoms with Crippen molar-refractivity contribution in [2.45, 2.75) is 26.4 Å². The maximum Gasteiger partial charge on any atom is 0.255 e. The minimum absolute atomic E-state index is 0.0564. The Balaban J connectivity index is 1.47. The zero-order valence-corrected chi connectivity index (χ0v) is 18.3. The molecule has 0 saturated carbocycles. The van der Waals surface area contributed by atoms with Gasteiger partial charge in [0, 0.05) is 30.2 Å². The summed E-state index contributed by atoms with van der Waals surface area (Å²) in [7, 11) is 0. The van der Waals surface area contributed by atoms with Crippen LogP contribution in [-0.2, 0) is 11.3 Å². The molecule has 158 valence electrons. The maximum absolute atomic E-state index is 13.1. The van der Waals surface area contributed by atoms with Crippen molar-refractivity contribution in [1.82, 2.24) is 20.0 Å². The number of hydrogen-bond donors (Lipinski definition) is 1. The van der Waals surface area contributed by atoms with Crippen LogP contribution < -0.4 is 5.32 Å². The summed E-state index contributed by atoms with van der Waals surface area (Å²) in [6.07, 6.45) is 0. The first-order chi connectivity index (χ1) is 14.6. The lowest BCUT2D eigenvalue weighted by Crippen LogP contribution is -2.43. The number of ether oxygens (including phenoxy) is 1. The van der Waals surface area contributed by atoms with Crippen molar-refractivity contribution in [2.24, 2.45) is 0 Å². The van der Waals surface area contributed by atoms with Crippen LogP contribution in [0.5, 0.6) is 0 Å². The third-order valence-corrected chi connectivity index (χ3v) is 6.57. The van der Waals surface area contributed by atoms with Gasteiger partial charge in [0.2, 0.25) is 0 Å². The van der Waals surface area contributed by atoms with E-state index in [0.29, 0.717) is 18.7 Å². The predicted octanol–water partition coefficient (Wildman–Crippen LogP) is 3.41. The quantitative estimate of drug-likeness (QED) is 0.631. The molecule has 1 aromatic carbocycles. The lowest BCUT2D eigenvalue weighted by atomic mass is 10.1. The first kappa shape index (κ1) is 20.8. The molecule has 30 heavy (non-hydrogen) atoms. The number of thiophene rings is 1. The van der Waals surface area contributed by atoms with Crippen LogP contribution in [-0.4, -0.2) is 53.4 Å². The second-order valence-electron chi connectivity index (χ2n) is 7.58. The van der Waals surface area contributed by atoms with Crippen molar-refractivity contribution in [3.63, 3.8) is 0 Å². The van der Waals surface area contributed by atoms with Gasteiger partial charge in [-0.1, -0.05) is 36.4 Å². The number of carbonyl (C=O) groups is 1. The first-order valence-electron chi connectivity index (χ1n) is 10.3. The lowest BCUT2D eigenvalue weighted by Gasteiger charge is -2.34. The van der Waals surface area contributed by atoms with Crippen LogP contribution >= 0.6 is 11.3 Å². The van der Waals surface area contributed by atoms with E-state index in [9.17, 15) is 4.79 Å². The number of aromatic nitrogens is 2. The minimum atomic E-state index is -0.0564. The Morgan fingerprint density at radius 3 is 2.63 bits per heavy atom. The number of nitrogens with zero attached hydrogens (tertiary/aromatic N) is 3. The maximum atomic E-state index is 13.1. The molecule has 1 aliphatic heterocycles. The zero-order chi connectivity index (χ0) is 20.9. The standard InChI is InChI=1S/C23H28N4O2S/c1-17-22(18(2)27(25-17)16-19-7-4-3-5-8-19)23(28)24-15-20(21-9-6-14-30-21)26-10-12-29-13-11-26/h3-9,14,20H,10-13,15-16H2,1-2H3,(H,24,28)/t20-/m0/s1. The number of benzene rings is 1. The number of aryl methyl sites for hydroxylation is 1. The fourth-order valence-corrected chi connectivity index (χ4v) is 4.85. The van der Waals surface area contributed by atoms with Crippen LogP contribution in [0.25, 0.3) is 0 Å². The molecule has 1 N–H and O–H groups in total. The first-order valence-corrected chi connectivity index (χ1v) is 11.2. The molecule has 1 atom stereocenters. The highest BCUT2D eigenvalue weighted by Gasteiger charge is 2.25. The topological polar surface area (TPSA) is 59.4 Å². The van der Waals surface area contributed by atoms with E-state index in [4.69, 9.17) is 4.74 Å². The van der Waals surface area contributed by atoms with Crippen LogP contribution in [0.1, 0.15) is 38.2 Å². The van der Waals surface area contributed by atoms with Crippen molar-refractivity contribution < 1.29 is 9.53 Å². The summed E-state index contributed by atoms with van der Waals surface area (Å²) < 4.78 is 7.42. The molecule has 7 heteroatoms. The van der Waals surface area contributed by atoms with Gasteiger partial charge in [0.15, 0.2) is 0 Å². The second-order valence-corrected chi connectivity index (χ2v) is 8.56. The van der Waals surface area contributed by atoms with Gasteiger partial charge in [0.1, 0.15) is 0 Å². The predicted molar refractivity (Wildman–Crippen MR) is 119 cm³/mol. The van der Waals surface area contributed by atoms with Gasteiger partial charge in [-0.05, 0) is 30.9 Å². The average Bonchev–Trinajstić information content (AvgIpc) is 3.38. The van der Waals surface area contributed by atoms with Gasteiger partial charge < -0.3 is 10.1 Å². The number of amides is 1. The molecule has 1 saturated heterocycles. The molecule has 1 fully saturated rings. The van der Waals surface area contributed by atoms with Crippen molar-refractivity contribution >= 4 is 17.2 Å². The van der Waals surface area contributed by atoms with Crippen molar-refractivity contribution in [2.75, 3.05) is 32.8 Å². The Hall–Kier alpha value is -2.48. The smallest absolute Gasteiger partial charge is 0.255 e. The molecule has 0 unspecified atom stereocenters. The molecule has 0 radical (unpaired) electrons. The van der Waals surface area contributed by atoms with Crippen LogP contribution in [0.2, 0.25) is 0 Å². The molecule has 0 aliphatic carbocycles. The van der Waals surface area contributed by atoms with Gasteiger partial charge in [-0.2, -0.15) is 5.10 Å². The molecule has 2 aromatic heterocycles. The van der Waals surface area contributed by atoms with Gasteiger partial charge in [-0.15, -0.1) is 11.3 Å². The molecule has 0 bridgehead atoms. The van der Waals surface area contributed by atoms with Crippen molar-refractivity contribution in [3.05, 3.63) is 75.2 Å². The van der Waals surface area contributed by atoms with Gasteiger partial charge in [0.05, 0.1) is 37.1 Å². The molecule has 3 aromatic rings. The number of rotatable bonds is 7. The minimum Gasteiger partial charge on any atom is -0.379 e. The SMILES string of the molecule is Cc1nn(Cc2ccccc2)c(C)c1C(=O)NC[C@@H](c1cccs1)N1CCOCC1. The summed E-state index contributed by atoms with van der Waals surface area (Å²) in [4.78, 5) is 16.8. The number of hydrogen-bond acceptors (Lipinski definition) is 5. The van der Waals surface area contributed by atoms with Crippen LogP contribution in [0.3, 0.4) is 0 Å².